The van der Waals surface area contributed by atoms with Crippen LogP contribution in [0.15, 0.2) is 36.5 Å². The highest BCUT2D eigenvalue weighted by atomic mass is 32.1. The van der Waals surface area contributed by atoms with E-state index >= 15 is 0 Å². The molecule has 0 saturated carbocycles. The Morgan fingerprint density at radius 3 is 2.91 bits per heavy atom. The van der Waals surface area contributed by atoms with E-state index < -0.39 is 0 Å². The highest BCUT2D eigenvalue weighted by Crippen LogP contribution is 2.21. The molecule has 0 fully saturated rings. The van der Waals surface area contributed by atoms with Crippen LogP contribution in [0.3, 0.4) is 0 Å². The Bertz CT molecular complexity index is 769. The molecule has 22 heavy (non-hydrogen) atoms. The van der Waals surface area contributed by atoms with E-state index in [1.165, 1.54) is 4.88 Å². The first kappa shape index (κ1) is 14.9. The van der Waals surface area contributed by atoms with Gasteiger partial charge in [-0.15, -0.1) is 11.3 Å². The minimum absolute atomic E-state index is 0.0165. The summed E-state index contributed by atoms with van der Waals surface area (Å²) in [6.07, 6.45) is 3.85. The molecule has 0 atom stereocenters. The molecule has 0 bridgehead atoms. The van der Waals surface area contributed by atoms with Gasteiger partial charge >= 0.3 is 0 Å². The lowest BCUT2D eigenvalue weighted by molar-refractivity contribution is 0.282. The van der Waals surface area contributed by atoms with E-state index in [4.69, 9.17) is 0 Å². The van der Waals surface area contributed by atoms with E-state index in [1.807, 2.05) is 36.5 Å². The Kier molecular flexibility index (Phi) is 4.65. The second-order valence-electron chi connectivity index (χ2n) is 5.10. The van der Waals surface area contributed by atoms with Crippen LogP contribution >= 0.6 is 11.3 Å². The quantitative estimate of drug-likeness (QED) is 0.732. The average molecular weight is 313 g/mol. The van der Waals surface area contributed by atoms with Crippen LogP contribution in [0.5, 0.6) is 0 Å². The summed E-state index contributed by atoms with van der Waals surface area (Å²) in [4.78, 5) is 10.3. The molecule has 5 heteroatoms. The second kappa shape index (κ2) is 6.85. The van der Waals surface area contributed by atoms with Gasteiger partial charge in [0.15, 0.2) is 0 Å². The van der Waals surface area contributed by atoms with E-state index in [9.17, 15) is 5.11 Å². The van der Waals surface area contributed by atoms with Gasteiger partial charge in [0, 0.05) is 35.0 Å². The van der Waals surface area contributed by atoms with Crippen molar-refractivity contribution in [3.8, 4) is 0 Å². The summed E-state index contributed by atoms with van der Waals surface area (Å²) in [5, 5.41) is 15.0. The number of aliphatic hydroxyl groups excluding tert-OH is 1. The fourth-order valence-corrected chi connectivity index (χ4v) is 3.21. The van der Waals surface area contributed by atoms with Crippen LogP contribution in [-0.2, 0) is 19.4 Å². The van der Waals surface area contributed by atoms with Crippen molar-refractivity contribution in [1.29, 1.82) is 0 Å². The maximum absolute atomic E-state index is 9.54. The zero-order valence-corrected chi connectivity index (χ0v) is 13.4. The van der Waals surface area contributed by atoms with Crippen molar-refractivity contribution in [1.82, 2.24) is 9.97 Å². The zero-order valence-electron chi connectivity index (χ0n) is 12.5. The van der Waals surface area contributed by atoms with Gasteiger partial charge in [0.1, 0.15) is 5.82 Å². The molecule has 0 radical (unpaired) electrons. The molecule has 2 aromatic heterocycles. The molecule has 0 aliphatic carbocycles. The summed E-state index contributed by atoms with van der Waals surface area (Å²) in [6, 6.07) is 9.93. The molecule has 1 aromatic carbocycles. The number of pyridine rings is 1. The maximum atomic E-state index is 9.54. The SMILES string of the molecule is CCc1cnc(CCNc2nc3ccccc3cc2CO)s1. The van der Waals surface area contributed by atoms with Gasteiger partial charge in [0.2, 0.25) is 0 Å². The fraction of sp³-hybridized carbons (Fsp3) is 0.294. The molecule has 4 nitrogen and oxygen atoms in total. The second-order valence-corrected chi connectivity index (χ2v) is 6.30. The summed E-state index contributed by atoms with van der Waals surface area (Å²) in [7, 11) is 0. The molecule has 2 N–H and O–H groups in total. The molecule has 0 unspecified atom stereocenters. The molecule has 2 heterocycles. The Labute approximate surface area is 133 Å². The van der Waals surface area contributed by atoms with E-state index in [2.05, 4.69) is 22.2 Å². The molecular weight excluding hydrogens is 294 g/mol. The number of nitrogens with one attached hydrogen (secondary N) is 1. The van der Waals surface area contributed by atoms with E-state index in [-0.39, 0.29) is 6.61 Å². The number of anilines is 1. The fourth-order valence-electron chi connectivity index (χ4n) is 2.35. The molecule has 0 amide bonds. The Morgan fingerprint density at radius 2 is 2.14 bits per heavy atom. The number of aryl methyl sites for hydroxylation is 1. The van der Waals surface area contributed by atoms with Gasteiger partial charge in [0.05, 0.1) is 17.1 Å². The van der Waals surface area contributed by atoms with Crippen LogP contribution in [0, 0.1) is 0 Å². The van der Waals surface area contributed by atoms with Crippen molar-refractivity contribution >= 4 is 28.1 Å². The lowest BCUT2D eigenvalue weighted by Gasteiger charge is -2.10. The summed E-state index contributed by atoms with van der Waals surface area (Å²) >= 11 is 1.76. The third-order valence-corrected chi connectivity index (χ3v) is 4.76. The first-order chi connectivity index (χ1) is 10.8. The van der Waals surface area contributed by atoms with Crippen LogP contribution < -0.4 is 5.32 Å². The molecule has 0 saturated heterocycles. The number of fused-ring (bicyclic) bond motifs is 1. The highest BCUT2D eigenvalue weighted by molar-refractivity contribution is 7.11. The van der Waals surface area contributed by atoms with Crippen molar-refractivity contribution in [2.45, 2.75) is 26.4 Å². The number of aromatic nitrogens is 2. The molecule has 0 spiro atoms. The number of rotatable bonds is 6. The van der Waals surface area contributed by atoms with Crippen LogP contribution in [0.2, 0.25) is 0 Å². The van der Waals surface area contributed by atoms with Crippen molar-refractivity contribution in [3.05, 3.63) is 52.0 Å². The highest BCUT2D eigenvalue weighted by Gasteiger charge is 2.06. The molecule has 0 aliphatic heterocycles. The Morgan fingerprint density at radius 1 is 1.27 bits per heavy atom. The van der Waals surface area contributed by atoms with Crippen LogP contribution in [-0.4, -0.2) is 21.6 Å². The van der Waals surface area contributed by atoms with Crippen molar-refractivity contribution in [2.24, 2.45) is 0 Å². The monoisotopic (exact) mass is 313 g/mol. The molecule has 3 rings (SSSR count). The Balaban J connectivity index is 1.72. The summed E-state index contributed by atoms with van der Waals surface area (Å²) in [6.45, 7) is 2.88. The zero-order chi connectivity index (χ0) is 15.4. The van der Waals surface area contributed by atoms with Gasteiger partial charge < -0.3 is 10.4 Å². The van der Waals surface area contributed by atoms with Crippen LogP contribution in [0.1, 0.15) is 22.4 Å². The maximum Gasteiger partial charge on any atom is 0.132 e. The van der Waals surface area contributed by atoms with Gasteiger partial charge in [-0.25, -0.2) is 9.97 Å². The third-order valence-electron chi connectivity index (χ3n) is 3.55. The minimum Gasteiger partial charge on any atom is -0.392 e. The number of thiazole rings is 1. The lowest BCUT2D eigenvalue weighted by Crippen LogP contribution is -2.08. The van der Waals surface area contributed by atoms with E-state index in [0.717, 1.165) is 46.7 Å². The van der Waals surface area contributed by atoms with Gasteiger partial charge in [-0.05, 0) is 18.6 Å². The number of para-hydroxylation sites is 1. The summed E-state index contributed by atoms with van der Waals surface area (Å²) in [5.74, 6) is 0.758. The number of benzene rings is 1. The lowest BCUT2D eigenvalue weighted by atomic mass is 10.1. The first-order valence-electron chi connectivity index (χ1n) is 7.47. The number of hydrogen-bond donors (Lipinski definition) is 2. The molecule has 114 valence electrons. The van der Waals surface area contributed by atoms with Crippen LogP contribution in [0.4, 0.5) is 5.82 Å². The molecular formula is C17H19N3OS. The van der Waals surface area contributed by atoms with E-state index in [0.29, 0.717) is 0 Å². The number of hydrogen-bond acceptors (Lipinski definition) is 5. The minimum atomic E-state index is -0.0165. The summed E-state index contributed by atoms with van der Waals surface area (Å²) in [5.41, 5.74) is 1.76. The molecule has 0 aliphatic rings. The van der Waals surface area contributed by atoms with Crippen molar-refractivity contribution in [2.75, 3.05) is 11.9 Å². The van der Waals surface area contributed by atoms with Gasteiger partial charge in [-0.1, -0.05) is 25.1 Å². The Hall–Kier alpha value is -1.98. The van der Waals surface area contributed by atoms with Crippen molar-refractivity contribution < 1.29 is 5.11 Å². The van der Waals surface area contributed by atoms with Crippen molar-refractivity contribution in [3.63, 3.8) is 0 Å². The van der Waals surface area contributed by atoms with Crippen LogP contribution in [0.25, 0.3) is 10.9 Å². The van der Waals surface area contributed by atoms with Gasteiger partial charge in [0.25, 0.3) is 0 Å². The smallest absolute Gasteiger partial charge is 0.132 e. The first-order valence-corrected chi connectivity index (χ1v) is 8.28. The number of aliphatic hydroxyl groups is 1. The third kappa shape index (κ3) is 3.26. The van der Waals surface area contributed by atoms with Gasteiger partial charge in [-0.2, -0.15) is 0 Å². The van der Waals surface area contributed by atoms with Gasteiger partial charge in [-0.3, -0.25) is 0 Å². The summed E-state index contributed by atoms with van der Waals surface area (Å²) < 4.78 is 0. The number of nitrogens with zero attached hydrogens (tertiary/aromatic N) is 2. The topological polar surface area (TPSA) is 58.0 Å². The van der Waals surface area contributed by atoms with E-state index in [1.54, 1.807) is 11.3 Å². The average Bonchev–Trinajstić information content (AvgIpc) is 3.02. The largest absolute Gasteiger partial charge is 0.392 e. The standard InChI is InChI=1S/C17H19N3OS/c1-2-14-10-19-16(22-14)7-8-18-17-13(11-21)9-12-5-3-4-6-15(12)20-17/h3-6,9-10,21H,2,7-8,11H2,1H3,(H,18,20). The predicted molar refractivity (Wildman–Crippen MR) is 91.4 cm³/mol. The molecule has 3 aromatic rings. The normalized spacial score (nSPS) is 11.0. The predicted octanol–water partition coefficient (Wildman–Crippen LogP) is 3.40.